The lowest BCUT2D eigenvalue weighted by Crippen LogP contribution is -2.16. The smallest absolute Gasteiger partial charge is 0.268 e. The fourth-order valence-corrected chi connectivity index (χ4v) is 23.4. The van der Waals surface area contributed by atoms with Crippen LogP contribution in [0.25, 0.3) is 0 Å². The Hall–Kier alpha value is -6.92. The Labute approximate surface area is 426 Å². The molecule has 0 fully saturated rings. The van der Waals surface area contributed by atoms with Crippen LogP contribution in [-0.4, -0.2) is 0 Å². The van der Waals surface area contributed by atoms with Crippen LogP contribution in [-0.2, 0) is 0 Å². The zero-order valence-corrected chi connectivity index (χ0v) is 45.6. The van der Waals surface area contributed by atoms with Crippen LogP contribution in [0.15, 0.2) is 212 Å². The van der Waals surface area contributed by atoms with Gasteiger partial charge in [0.2, 0.25) is 0 Å². The lowest BCUT2D eigenvalue weighted by Gasteiger charge is -2.38. The quantitative estimate of drug-likeness (QED) is 0.0447. The van der Waals surface area contributed by atoms with Gasteiger partial charge in [-0.15, -0.1) is 0 Å². The Morgan fingerprint density at radius 2 is 0.333 bits per heavy atom. The van der Waals surface area contributed by atoms with Gasteiger partial charge in [-0.3, -0.25) is 0 Å². The highest BCUT2D eigenvalue weighted by Gasteiger charge is 2.40. The van der Waals surface area contributed by atoms with E-state index < -0.39 is 30.0 Å². The number of hydrogen-bond acceptors (Lipinski definition) is 12. The summed E-state index contributed by atoms with van der Waals surface area (Å²) < 4.78 is 25.2. The van der Waals surface area contributed by atoms with E-state index in [2.05, 4.69) is 290 Å². The molecule has 1 aliphatic rings. The first-order valence-corrected chi connectivity index (χ1v) is 30.7. The molecule has 0 amide bonds. The maximum absolute atomic E-state index is 6.31. The SMILES string of the molecule is Cc1cccc(NP2(Nc3cccc(C)c3)=NP(Nc3cccc(C)c3)(Nc3cccc(C)c3)=NP(Nc3cccc(C)c3)(Nc3cccc(C)c3)=NP(Nc3cccc(C)c3)(Nc3cccc(C)c3)=N2)c1. The minimum Gasteiger partial charge on any atom is -0.318 e. The van der Waals surface area contributed by atoms with Gasteiger partial charge in [0.05, 0.1) is 0 Å². The van der Waals surface area contributed by atoms with Gasteiger partial charge in [0.15, 0.2) is 0 Å². The zero-order valence-electron chi connectivity index (χ0n) is 42.1. The van der Waals surface area contributed by atoms with E-state index in [0.717, 1.165) is 90.0 Å². The molecule has 0 saturated heterocycles. The Balaban J connectivity index is 1.52. The van der Waals surface area contributed by atoms with Crippen molar-refractivity contribution in [2.75, 3.05) is 40.7 Å². The Morgan fingerprint density at radius 1 is 0.208 bits per heavy atom. The molecule has 8 aromatic carbocycles. The van der Waals surface area contributed by atoms with Crippen LogP contribution in [0, 0.1) is 55.4 Å². The van der Waals surface area contributed by atoms with E-state index in [0.29, 0.717) is 0 Å². The average molecular weight is 1030 g/mol. The molecule has 0 atom stereocenters. The van der Waals surface area contributed by atoms with Gasteiger partial charge in [0, 0.05) is 45.5 Å². The second kappa shape index (κ2) is 21.4. The predicted molar refractivity (Wildman–Crippen MR) is 316 cm³/mol. The summed E-state index contributed by atoms with van der Waals surface area (Å²) >= 11 is 0. The summed E-state index contributed by atoms with van der Waals surface area (Å²) in [6, 6.07) is 66.9. The van der Waals surface area contributed by atoms with Crippen molar-refractivity contribution in [3.05, 3.63) is 239 Å². The van der Waals surface area contributed by atoms with Gasteiger partial charge in [-0.2, -0.15) is 18.1 Å². The van der Waals surface area contributed by atoms with E-state index in [9.17, 15) is 0 Å². The third-order valence-corrected chi connectivity index (χ3v) is 24.3. The number of rotatable bonds is 16. The van der Waals surface area contributed by atoms with Gasteiger partial charge >= 0.3 is 0 Å². The van der Waals surface area contributed by atoms with Gasteiger partial charge in [0.1, 0.15) is 0 Å². The monoisotopic (exact) mass is 1030 g/mol. The van der Waals surface area contributed by atoms with Crippen LogP contribution < -0.4 is 40.7 Å². The number of nitrogens with one attached hydrogen (secondary N) is 8. The molecule has 0 saturated carbocycles. The molecular formula is C56H64N12P4. The van der Waals surface area contributed by atoms with E-state index in [4.69, 9.17) is 18.1 Å². The second-order valence-corrected chi connectivity index (χ2v) is 28.1. The first-order valence-electron chi connectivity index (χ1n) is 24.0. The molecule has 72 heavy (non-hydrogen) atoms. The Kier molecular flexibility index (Phi) is 14.9. The molecule has 8 N–H and O–H groups in total. The Morgan fingerprint density at radius 3 is 0.444 bits per heavy atom. The van der Waals surface area contributed by atoms with E-state index >= 15 is 0 Å². The maximum atomic E-state index is 6.31. The van der Waals surface area contributed by atoms with Gasteiger partial charge in [-0.1, -0.05) is 97.1 Å². The number of anilines is 8. The fourth-order valence-electron chi connectivity index (χ4n) is 8.45. The third-order valence-electron chi connectivity index (χ3n) is 11.5. The molecule has 0 bridgehead atoms. The summed E-state index contributed by atoms with van der Waals surface area (Å²) in [4.78, 5) is 0. The van der Waals surface area contributed by atoms with Crippen molar-refractivity contribution < 1.29 is 0 Å². The lowest BCUT2D eigenvalue weighted by atomic mass is 10.2. The van der Waals surface area contributed by atoms with Crippen LogP contribution in [0.1, 0.15) is 44.5 Å². The van der Waals surface area contributed by atoms with Crippen molar-refractivity contribution in [1.29, 1.82) is 0 Å². The highest BCUT2D eigenvalue weighted by Crippen LogP contribution is 2.77. The predicted octanol–water partition coefficient (Wildman–Crippen LogP) is 19.1. The zero-order chi connectivity index (χ0) is 50.4. The van der Waals surface area contributed by atoms with Crippen molar-refractivity contribution in [2.24, 2.45) is 18.1 Å². The van der Waals surface area contributed by atoms with Crippen LogP contribution >= 0.6 is 30.0 Å². The van der Waals surface area contributed by atoms with Crippen LogP contribution in [0.4, 0.5) is 45.5 Å². The lowest BCUT2D eigenvalue weighted by molar-refractivity contribution is 1.43. The van der Waals surface area contributed by atoms with E-state index in [-0.39, 0.29) is 0 Å². The molecular weight excluding hydrogens is 965 g/mol. The normalized spacial score (nSPS) is 15.0. The molecule has 16 heteroatoms. The molecule has 1 heterocycles. The summed E-state index contributed by atoms with van der Waals surface area (Å²) in [6.07, 6.45) is 0. The van der Waals surface area contributed by atoms with Crippen molar-refractivity contribution in [3.8, 4) is 0 Å². The molecule has 0 aliphatic carbocycles. The maximum Gasteiger partial charge on any atom is 0.268 e. The van der Waals surface area contributed by atoms with Gasteiger partial charge in [0.25, 0.3) is 30.0 Å². The topological polar surface area (TPSA) is 146 Å². The minimum atomic E-state index is -3.65. The number of nitrogens with zero attached hydrogens (tertiary/aromatic N) is 4. The summed E-state index contributed by atoms with van der Waals surface area (Å²) in [5.74, 6) is 0. The van der Waals surface area contributed by atoms with E-state index in [1.54, 1.807) is 0 Å². The molecule has 8 aromatic rings. The highest BCUT2D eigenvalue weighted by atomic mass is 31.3. The molecule has 0 unspecified atom stereocenters. The third kappa shape index (κ3) is 12.9. The minimum absolute atomic E-state index is 0.835. The average Bonchev–Trinajstić information content (AvgIpc) is 3.28. The standard InChI is InChI=1S/C56H64N12P4/c1-41-17-9-25-49(33-41)57-69(58-50-26-10-18-42(2)34-50)65-70(59-51-27-11-19-43(3)35-51,60-52-28-12-20-44(4)36-52)67-72(63-55-31-15-23-47(7)39-55,64-56-32-16-24-48(8)40-56)68-71(66-69,61-53-29-13-21-45(5)37-53)62-54-30-14-22-46(6)38-54/h9-40,57-64H,1-8H3. The van der Waals surface area contributed by atoms with Crippen molar-refractivity contribution in [3.63, 3.8) is 0 Å². The summed E-state index contributed by atoms with van der Waals surface area (Å²) in [6.45, 7) is 16.8. The van der Waals surface area contributed by atoms with Crippen LogP contribution in [0.5, 0.6) is 0 Å². The largest absolute Gasteiger partial charge is 0.318 e. The van der Waals surface area contributed by atoms with E-state index in [1.165, 1.54) is 0 Å². The Bertz CT molecular complexity index is 2830. The number of benzene rings is 8. The fraction of sp³-hybridized carbons (Fsp3) is 0.143. The second-order valence-electron chi connectivity index (χ2n) is 18.6. The van der Waals surface area contributed by atoms with Crippen molar-refractivity contribution in [1.82, 2.24) is 0 Å². The molecule has 9 rings (SSSR count). The highest BCUT2D eigenvalue weighted by molar-refractivity contribution is 7.90. The first kappa shape index (κ1) is 50.0. The first-order chi connectivity index (χ1) is 34.6. The van der Waals surface area contributed by atoms with Gasteiger partial charge in [-0.25, -0.2) is 0 Å². The van der Waals surface area contributed by atoms with Crippen LogP contribution in [0.2, 0.25) is 0 Å². The number of hydrogen-bond donors (Lipinski definition) is 8. The molecule has 368 valence electrons. The van der Waals surface area contributed by atoms with Gasteiger partial charge in [-0.05, 0) is 197 Å². The molecule has 1 aliphatic heterocycles. The molecule has 12 nitrogen and oxygen atoms in total. The van der Waals surface area contributed by atoms with Crippen LogP contribution in [0.3, 0.4) is 0 Å². The summed E-state index contributed by atoms with van der Waals surface area (Å²) in [7, 11) is -14.6. The van der Waals surface area contributed by atoms with Crippen molar-refractivity contribution in [2.45, 2.75) is 55.4 Å². The van der Waals surface area contributed by atoms with Gasteiger partial charge < -0.3 is 40.7 Å². The summed E-state index contributed by atoms with van der Waals surface area (Å²) in [5.41, 5.74) is 15.3. The van der Waals surface area contributed by atoms with Crippen molar-refractivity contribution >= 4 is 75.5 Å². The van der Waals surface area contributed by atoms with E-state index in [1.807, 2.05) is 0 Å². The molecule has 0 aromatic heterocycles. The molecule has 0 radical (unpaired) electrons. The number of aryl methyl sites for hydroxylation is 8. The molecule has 0 spiro atoms. The summed E-state index contributed by atoms with van der Waals surface area (Å²) in [5, 5.41) is 32.2.